The smallest absolute Gasteiger partial charge is 0.416 e. The van der Waals surface area contributed by atoms with E-state index in [-0.39, 0.29) is 38.0 Å². The SMILES string of the molecule is CCOc1ccc(C(C)C)nc1-c1cc(C)c(C)cc1CN(Cc1cc(C)cc(C(F)(F)F)c1)c1ncc(OCCCC(=O)O)cn1. The van der Waals surface area contributed by atoms with Gasteiger partial charge in [-0.3, -0.25) is 4.79 Å². The van der Waals surface area contributed by atoms with E-state index < -0.39 is 17.7 Å². The van der Waals surface area contributed by atoms with Crippen LogP contribution in [0.25, 0.3) is 11.3 Å². The molecule has 2 aromatic carbocycles. The number of hydrogen-bond donors (Lipinski definition) is 1. The Morgan fingerprint density at radius 3 is 2.30 bits per heavy atom. The topological polar surface area (TPSA) is 97.7 Å². The van der Waals surface area contributed by atoms with Gasteiger partial charge in [0.05, 0.1) is 31.2 Å². The van der Waals surface area contributed by atoms with Gasteiger partial charge in [0.25, 0.3) is 0 Å². The van der Waals surface area contributed by atoms with Gasteiger partial charge in [0.1, 0.15) is 11.4 Å². The van der Waals surface area contributed by atoms with Gasteiger partial charge in [0, 0.05) is 30.8 Å². The fourth-order valence-corrected chi connectivity index (χ4v) is 5.18. The Kier molecular flexibility index (Phi) is 11.4. The van der Waals surface area contributed by atoms with E-state index in [1.165, 1.54) is 12.4 Å². The van der Waals surface area contributed by atoms with Gasteiger partial charge in [-0.25, -0.2) is 15.0 Å². The molecular formula is C36H41F3N4O4. The first kappa shape index (κ1) is 35.2. The number of rotatable bonds is 14. The number of anilines is 1. The van der Waals surface area contributed by atoms with Crippen LogP contribution in [0.1, 0.15) is 78.6 Å². The summed E-state index contributed by atoms with van der Waals surface area (Å²) >= 11 is 0. The van der Waals surface area contributed by atoms with Crippen molar-refractivity contribution in [2.24, 2.45) is 0 Å². The first-order valence-corrected chi connectivity index (χ1v) is 15.6. The van der Waals surface area contributed by atoms with Gasteiger partial charge in [0.15, 0.2) is 5.75 Å². The maximum atomic E-state index is 13.8. The van der Waals surface area contributed by atoms with Crippen molar-refractivity contribution < 1.29 is 32.5 Å². The molecule has 0 fully saturated rings. The number of hydrogen-bond acceptors (Lipinski definition) is 7. The van der Waals surface area contributed by atoms with E-state index >= 15 is 0 Å². The third kappa shape index (κ3) is 9.43. The number of aliphatic carboxylic acids is 1. The Hall–Kier alpha value is -4.67. The number of carboxylic acids is 1. The van der Waals surface area contributed by atoms with Crippen molar-refractivity contribution in [2.45, 2.75) is 79.6 Å². The molecule has 0 amide bonds. The Morgan fingerprint density at radius 1 is 0.957 bits per heavy atom. The second-order valence-corrected chi connectivity index (χ2v) is 11.9. The molecule has 0 atom stereocenters. The van der Waals surface area contributed by atoms with E-state index in [0.29, 0.717) is 41.3 Å². The molecule has 2 heterocycles. The van der Waals surface area contributed by atoms with Crippen LogP contribution in [0.3, 0.4) is 0 Å². The maximum Gasteiger partial charge on any atom is 0.416 e. The van der Waals surface area contributed by atoms with Gasteiger partial charge < -0.3 is 19.5 Å². The molecule has 0 bridgehead atoms. The number of pyridine rings is 1. The zero-order valence-electron chi connectivity index (χ0n) is 27.6. The van der Waals surface area contributed by atoms with Crippen LogP contribution < -0.4 is 14.4 Å². The molecule has 0 spiro atoms. The lowest BCUT2D eigenvalue weighted by atomic mass is 9.95. The second kappa shape index (κ2) is 15.3. The molecule has 1 N–H and O–H groups in total. The lowest BCUT2D eigenvalue weighted by Crippen LogP contribution is -2.25. The Balaban J connectivity index is 1.79. The van der Waals surface area contributed by atoms with Crippen LogP contribution in [0.5, 0.6) is 11.5 Å². The van der Waals surface area contributed by atoms with Crippen LogP contribution in [0, 0.1) is 20.8 Å². The summed E-state index contributed by atoms with van der Waals surface area (Å²) in [5, 5.41) is 8.87. The molecule has 0 aliphatic carbocycles. The molecule has 0 aliphatic heterocycles. The van der Waals surface area contributed by atoms with Crippen LogP contribution in [0.4, 0.5) is 19.1 Å². The number of carboxylic acid groups (broad SMARTS) is 1. The Morgan fingerprint density at radius 2 is 1.66 bits per heavy atom. The van der Waals surface area contributed by atoms with Crippen LogP contribution in [-0.2, 0) is 24.1 Å². The van der Waals surface area contributed by atoms with Crippen molar-refractivity contribution in [3.63, 3.8) is 0 Å². The molecule has 4 aromatic rings. The van der Waals surface area contributed by atoms with E-state index in [0.717, 1.165) is 40.1 Å². The minimum Gasteiger partial charge on any atom is -0.492 e. The molecule has 47 heavy (non-hydrogen) atoms. The third-order valence-corrected chi connectivity index (χ3v) is 7.65. The summed E-state index contributed by atoms with van der Waals surface area (Å²) in [6.45, 7) is 12.7. The largest absolute Gasteiger partial charge is 0.492 e. The van der Waals surface area contributed by atoms with Gasteiger partial charge in [-0.1, -0.05) is 31.5 Å². The fourth-order valence-electron chi connectivity index (χ4n) is 5.18. The minimum absolute atomic E-state index is 0.0264. The van der Waals surface area contributed by atoms with E-state index in [1.54, 1.807) is 13.0 Å². The van der Waals surface area contributed by atoms with Gasteiger partial charge in [-0.05, 0) is 92.6 Å². The third-order valence-electron chi connectivity index (χ3n) is 7.65. The number of nitrogens with zero attached hydrogens (tertiary/aromatic N) is 4. The lowest BCUT2D eigenvalue weighted by molar-refractivity contribution is -0.138. The fraction of sp³-hybridized carbons (Fsp3) is 0.389. The number of aromatic nitrogens is 3. The number of ether oxygens (including phenoxy) is 2. The predicted molar refractivity (Wildman–Crippen MR) is 175 cm³/mol. The molecule has 0 aliphatic rings. The highest BCUT2D eigenvalue weighted by Gasteiger charge is 2.31. The first-order valence-electron chi connectivity index (χ1n) is 15.6. The van der Waals surface area contributed by atoms with Crippen LogP contribution in [-0.4, -0.2) is 39.2 Å². The van der Waals surface area contributed by atoms with Crippen molar-refractivity contribution in [3.05, 3.63) is 93.9 Å². The van der Waals surface area contributed by atoms with Crippen LogP contribution in [0.2, 0.25) is 0 Å². The molecule has 0 saturated heterocycles. The molecular weight excluding hydrogens is 609 g/mol. The molecule has 0 unspecified atom stereocenters. The summed E-state index contributed by atoms with van der Waals surface area (Å²) in [5.41, 5.74) is 5.65. The number of carbonyl (C=O) groups is 1. The summed E-state index contributed by atoms with van der Waals surface area (Å²) in [5.74, 6) is 0.555. The normalized spacial score (nSPS) is 11.5. The predicted octanol–water partition coefficient (Wildman–Crippen LogP) is 8.46. The molecule has 250 valence electrons. The van der Waals surface area contributed by atoms with Gasteiger partial charge in [0.2, 0.25) is 5.95 Å². The zero-order chi connectivity index (χ0) is 34.3. The molecule has 0 radical (unpaired) electrons. The monoisotopic (exact) mass is 650 g/mol. The Labute approximate surface area is 273 Å². The van der Waals surface area contributed by atoms with E-state index in [1.807, 2.05) is 37.8 Å². The molecule has 0 saturated carbocycles. The quantitative estimate of drug-likeness (QED) is 0.136. The van der Waals surface area contributed by atoms with E-state index in [2.05, 4.69) is 35.9 Å². The summed E-state index contributed by atoms with van der Waals surface area (Å²) in [6.07, 6.45) is -1.23. The van der Waals surface area contributed by atoms with Crippen LogP contribution >= 0.6 is 0 Å². The van der Waals surface area contributed by atoms with Crippen molar-refractivity contribution >= 4 is 11.9 Å². The van der Waals surface area contributed by atoms with E-state index in [9.17, 15) is 18.0 Å². The zero-order valence-corrected chi connectivity index (χ0v) is 27.6. The van der Waals surface area contributed by atoms with Gasteiger partial charge in [-0.2, -0.15) is 13.2 Å². The number of alkyl halides is 3. The van der Waals surface area contributed by atoms with Crippen molar-refractivity contribution in [1.29, 1.82) is 0 Å². The van der Waals surface area contributed by atoms with Gasteiger partial charge >= 0.3 is 12.1 Å². The number of halogens is 3. The Bertz CT molecular complexity index is 1690. The molecule has 4 rings (SSSR count). The van der Waals surface area contributed by atoms with Crippen LogP contribution in [0.15, 0.2) is 54.9 Å². The number of benzene rings is 2. The van der Waals surface area contributed by atoms with Gasteiger partial charge in [-0.15, -0.1) is 0 Å². The molecule has 8 nitrogen and oxygen atoms in total. The minimum atomic E-state index is -4.49. The lowest BCUT2D eigenvalue weighted by Gasteiger charge is -2.26. The second-order valence-electron chi connectivity index (χ2n) is 11.9. The summed E-state index contributed by atoms with van der Waals surface area (Å²) in [7, 11) is 0. The highest BCUT2D eigenvalue weighted by molar-refractivity contribution is 5.72. The van der Waals surface area contributed by atoms with Crippen molar-refractivity contribution in [2.75, 3.05) is 18.1 Å². The van der Waals surface area contributed by atoms with E-state index in [4.69, 9.17) is 19.6 Å². The highest BCUT2D eigenvalue weighted by Crippen LogP contribution is 2.36. The average molecular weight is 651 g/mol. The standard InChI is InChI=1S/C36H41F3N4O4/c1-7-46-32-11-10-31(22(2)3)42-34(32)30-16-25(6)24(5)15-27(30)21-43(20-26-13-23(4)14-28(17-26)36(37,38)39)35-40-18-29(19-41-35)47-12-8-9-33(44)45/h10-11,13-19,22H,7-9,12,20-21H2,1-6H3,(H,44,45). The average Bonchev–Trinajstić information content (AvgIpc) is 3.00. The van der Waals surface area contributed by atoms with Crippen molar-refractivity contribution in [1.82, 2.24) is 15.0 Å². The first-order chi connectivity index (χ1) is 22.2. The van der Waals surface area contributed by atoms with Crippen molar-refractivity contribution in [3.8, 4) is 22.8 Å². The maximum absolute atomic E-state index is 13.8. The summed E-state index contributed by atoms with van der Waals surface area (Å²) < 4.78 is 53.0. The summed E-state index contributed by atoms with van der Waals surface area (Å²) in [4.78, 5) is 26.7. The highest BCUT2D eigenvalue weighted by atomic mass is 19.4. The molecule has 2 aromatic heterocycles. The summed E-state index contributed by atoms with van der Waals surface area (Å²) in [6, 6.07) is 12.0. The molecule has 11 heteroatoms. The number of aryl methyl sites for hydroxylation is 3.